The average Bonchev–Trinajstić information content (AvgIpc) is 2.75. The van der Waals surface area contributed by atoms with Crippen molar-refractivity contribution in [3.8, 4) is 0 Å². The highest BCUT2D eigenvalue weighted by Gasteiger charge is 2.26. The normalized spacial score (nSPS) is 16.0. The van der Waals surface area contributed by atoms with Crippen LogP contribution in [0.15, 0.2) is 0 Å². The lowest BCUT2D eigenvalue weighted by Crippen LogP contribution is -2.31. The van der Waals surface area contributed by atoms with E-state index in [1.807, 2.05) is 0 Å². The van der Waals surface area contributed by atoms with Gasteiger partial charge in [0.05, 0.1) is 13.2 Å². The van der Waals surface area contributed by atoms with Crippen molar-refractivity contribution in [1.82, 2.24) is 9.99 Å². The van der Waals surface area contributed by atoms with Crippen LogP contribution in [0.25, 0.3) is 0 Å². The molecule has 0 aromatic carbocycles. The third-order valence-electron chi connectivity index (χ3n) is 5.79. The molecule has 0 radical (unpaired) electrons. The van der Waals surface area contributed by atoms with Crippen LogP contribution in [0.2, 0.25) is 0 Å². The number of unbranched alkanes of at least 4 members (excludes halogenated alkanes) is 6. The topological polar surface area (TPSA) is 50.8 Å². The van der Waals surface area contributed by atoms with Crippen LogP contribution < -0.4 is 5.09 Å². The summed E-state index contributed by atoms with van der Waals surface area (Å²) in [6, 6.07) is 0. The van der Waals surface area contributed by atoms with Gasteiger partial charge in [-0.3, -0.25) is 9.05 Å². The SMILES string of the molecule is CCCCCCC(C)COP(=O)(NCCN(CC)CC)OCC(C)CCCCCC. The number of hydrogen-bond acceptors (Lipinski definition) is 4. The second-order valence-electron chi connectivity index (χ2n) is 8.93. The summed E-state index contributed by atoms with van der Waals surface area (Å²) >= 11 is 0. The minimum Gasteiger partial charge on any atom is -0.303 e. The van der Waals surface area contributed by atoms with E-state index in [0.29, 0.717) is 31.6 Å². The zero-order valence-corrected chi connectivity index (χ0v) is 22.0. The first-order chi connectivity index (χ1) is 14.4. The summed E-state index contributed by atoms with van der Waals surface area (Å²) < 4.78 is 25.1. The molecule has 0 fully saturated rings. The molecule has 0 aromatic rings. The quantitative estimate of drug-likeness (QED) is 0.139. The van der Waals surface area contributed by atoms with Gasteiger partial charge in [0.1, 0.15) is 0 Å². The zero-order chi connectivity index (χ0) is 22.7. The van der Waals surface area contributed by atoms with Gasteiger partial charge < -0.3 is 4.90 Å². The van der Waals surface area contributed by atoms with Crippen LogP contribution in [0.3, 0.4) is 0 Å². The molecule has 182 valence electrons. The van der Waals surface area contributed by atoms with Gasteiger partial charge in [0.15, 0.2) is 0 Å². The number of rotatable bonds is 22. The van der Waals surface area contributed by atoms with Gasteiger partial charge in [-0.15, -0.1) is 0 Å². The summed E-state index contributed by atoms with van der Waals surface area (Å²) in [7, 11) is -3.27. The number of hydrogen-bond donors (Lipinski definition) is 1. The Morgan fingerprint density at radius 3 is 1.63 bits per heavy atom. The molecule has 0 aliphatic rings. The Labute approximate surface area is 188 Å². The molecule has 1 N–H and O–H groups in total. The highest BCUT2D eigenvalue weighted by molar-refractivity contribution is 7.51. The van der Waals surface area contributed by atoms with Crippen LogP contribution in [0.5, 0.6) is 0 Å². The van der Waals surface area contributed by atoms with E-state index in [9.17, 15) is 4.57 Å². The first-order valence-electron chi connectivity index (χ1n) is 12.8. The molecule has 0 aromatic heterocycles. The molecule has 30 heavy (non-hydrogen) atoms. The molecule has 5 nitrogen and oxygen atoms in total. The van der Waals surface area contributed by atoms with E-state index in [4.69, 9.17) is 9.05 Å². The summed E-state index contributed by atoms with van der Waals surface area (Å²) in [6.45, 7) is 17.6. The fraction of sp³-hybridized carbons (Fsp3) is 1.00. The summed E-state index contributed by atoms with van der Waals surface area (Å²) in [5.74, 6) is 0.796. The lowest BCUT2D eigenvalue weighted by Gasteiger charge is -2.24. The molecule has 0 saturated heterocycles. The predicted octanol–water partition coefficient (Wildman–Crippen LogP) is 7.27. The van der Waals surface area contributed by atoms with Gasteiger partial charge in [-0.2, -0.15) is 0 Å². The lowest BCUT2D eigenvalue weighted by molar-refractivity contribution is 0.153. The van der Waals surface area contributed by atoms with Crippen molar-refractivity contribution in [2.75, 3.05) is 39.4 Å². The summed E-state index contributed by atoms with van der Waals surface area (Å²) in [5.41, 5.74) is 0. The van der Waals surface area contributed by atoms with Gasteiger partial charge in [0.2, 0.25) is 0 Å². The van der Waals surface area contributed by atoms with Gasteiger partial charge >= 0.3 is 7.75 Å². The van der Waals surface area contributed by atoms with Gasteiger partial charge in [-0.25, -0.2) is 9.65 Å². The lowest BCUT2D eigenvalue weighted by atomic mass is 10.0. The highest BCUT2D eigenvalue weighted by Crippen LogP contribution is 2.44. The molecule has 2 unspecified atom stereocenters. The largest absolute Gasteiger partial charge is 0.405 e. The third-order valence-corrected chi connectivity index (χ3v) is 7.38. The number of nitrogens with one attached hydrogen (secondary N) is 1. The maximum atomic E-state index is 13.4. The van der Waals surface area contributed by atoms with Crippen LogP contribution in [-0.4, -0.2) is 44.3 Å². The van der Waals surface area contributed by atoms with Gasteiger partial charge in [0, 0.05) is 13.1 Å². The monoisotopic (exact) mass is 448 g/mol. The molecule has 6 heteroatoms. The molecular weight excluding hydrogens is 395 g/mol. The molecule has 0 heterocycles. The van der Waals surface area contributed by atoms with Gasteiger partial charge in [-0.05, 0) is 37.8 Å². The summed E-state index contributed by atoms with van der Waals surface area (Å²) in [6.07, 6.45) is 12.3. The van der Waals surface area contributed by atoms with Crippen molar-refractivity contribution in [3.05, 3.63) is 0 Å². The van der Waals surface area contributed by atoms with Crippen molar-refractivity contribution >= 4 is 7.75 Å². The highest BCUT2D eigenvalue weighted by atomic mass is 31.2. The number of likely N-dealkylation sites (N-methyl/N-ethyl adjacent to an activating group) is 1. The molecule has 0 spiro atoms. The Morgan fingerprint density at radius 1 is 0.767 bits per heavy atom. The van der Waals surface area contributed by atoms with E-state index in [1.54, 1.807) is 0 Å². The third kappa shape index (κ3) is 16.7. The van der Waals surface area contributed by atoms with E-state index >= 15 is 0 Å². The Morgan fingerprint density at radius 2 is 1.23 bits per heavy atom. The van der Waals surface area contributed by atoms with E-state index in [1.165, 1.54) is 51.4 Å². The zero-order valence-electron chi connectivity index (χ0n) is 21.1. The van der Waals surface area contributed by atoms with Crippen LogP contribution in [0.1, 0.15) is 106 Å². The summed E-state index contributed by atoms with van der Waals surface area (Å²) in [5, 5.41) is 3.13. The Balaban J connectivity index is 4.53. The Bertz CT molecular complexity index is 393. The average molecular weight is 449 g/mol. The fourth-order valence-electron chi connectivity index (χ4n) is 3.47. The predicted molar refractivity (Wildman–Crippen MR) is 131 cm³/mol. The maximum Gasteiger partial charge on any atom is 0.405 e. The number of nitrogens with zero attached hydrogens (tertiary/aromatic N) is 1. The Hall–Kier alpha value is 0.0700. The van der Waals surface area contributed by atoms with Crippen molar-refractivity contribution < 1.29 is 13.6 Å². The fourth-order valence-corrected chi connectivity index (χ4v) is 5.00. The molecule has 0 bridgehead atoms. The minimum absolute atomic E-state index is 0.398. The standard InChI is InChI=1S/C24H53N2O3P/c1-7-11-13-15-17-23(5)21-28-30(27,25-19-20-26(9-3)10-4)29-22-24(6)18-16-14-12-8-2/h23-24H,7-22H2,1-6H3,(H,25,27). The minimum atomic E-state index is -3.27. The molecular formula is C24H53N2O3P. The van der Waals surface area contributed by atoms with E-state index < -0.39 is 7.75 Å². The van der Waals surface area contributed by atoms with Crippen LogP contribution in [-0.2, 0) is 13.6 Å². The van der Waals surface area contributed by atoms with Crippen molar-refractivity contribution in [3.63, 3.8) is 0 Å². The molecule has 2 atom stereocenters. The van der Waals surface area contributed by atoms with E-state index in [2.05, 4.69) is 51.5 Å². The first-order valence-corrected chi connectivity index (χ1v) is 14.3. The summed E-state index contributed by atoms with van der Waals surface area (Å²) in [4.78, 5) is 2.31. The van der Waals surface area contributed by atoms with Gasteiger partial charge in [-0.1, -0.05) is 92.9 Å². The molecule has 0 aliphatic carbocycles. The molecule has 0 aliphatic heterocycles. The maximum absolute atomic E-state index is 13.4. The van der Waals surface area contributed by atoms with E-state index in [0.717, 1.165) is 32.5 Å². The molecule has 0 rings (SSSR count). The first kappa shape index (κ1) is 30.1. The van der Waals surface area contributed by atoms with Crippen LogP contribution >= 0.6 is 7.75 Å². The van der Waals surface area contributed by atoms with Crippen LogP contribution in [0.4, 0.5) is 0 Å². The molecule has 0 saturated carbocycles. The Kier molecular flexibility index (Phi) is 19.8. The second kappa shape index (κ2) is 19.7. The van der Waals surface area contributed by atoms with Gasteiger partial charge in [0.25, 0.3) is 0 Å². The van der Waals surface area contributed by atoms with Crippen molar-refractivity contribution in [2.24, 2.45) is 11.8 Å². The molecule has 0 amide bonds. The van der Waals surface area contributed by atoms with E-state index in [-0.39, 0.29) is 0 Å². The second-order valence-corrected chi connectivity index (χ2v) is 10.8. The smallest absolute Gasteiger partial charge is 0.303 e. The van der Waals surface area contributed by atoms with Crippen molar-refractivity contribution in [2.45, 2.75) is 106 Å². The van der Waals surface area contributed by atoms with Crippen molar-refractivity contribution in [1.29, 1.82) is 0 Å². The van der Waals surface area contributed by atoms with Crippen LogP contribution in [0, 0.1) is 11.8 Å².